The Balaban J connectivity index is 1.72. The van der Waals surface area contributed by atoms with E-state index in [1.54, 1.807) is 20.0 Å². The van der Waals surface area contributed by atoms with Crippen LogP contribution in [0.25, 0.3) is 0 Å². The standard InChI is InChI=1S/C22H28N2O6S/c1-15-7-5-6-12-24(15)31(27,28)19-10-8-17(9-11-19)21(25)23(3)14-18-13-20(16(2)30-18)22(26)29-4/h8-11,13,15H,5-7,12,14H2,1-4H3. The number of esters is 1. The van der Waals surface area contributed by atoms with Gasteiger partial charge in [0.25, 0.3) is 5.91 Å². The van der Waals surface area contributed by atoms with Gasteiger partial charge in [-0.25, -0.2) is 13.2 Å². The number of carbonyl (C=O) groups is 2. The molecule has 1 aliphatic rings. The van der Waals surface area contributed by atoms with E-state index in [9.17, 15) is 18.0 Å². The van der Waals surface area contributed by atoms with E-state index < -0.39 is 16.0 Å². The molecule has 8 nitrogen and oxygen atoms in total. The van der Waals surface area contributed by atoms with E-state index in [0.717, 1.165) is 19.3 Å². The molecule has 1 atom stereocenters. The highest BCUT2D eigenvalue weighted by molar-refractivity contribution is 7.89. The van der Waals surface area contributed by atoms with Gasteiger partial charge in [-0.15, -0.1) is 0 Å². The van der Waals surface area contributed by atoms with E-state index in [1.807, 2.05) is 6.92 Å². The van der Waals surface area contributed by atoms with E-state index in [0.29, 0.717) is 29.2 Å². The minimum atomic E-state index is -3.59. The zero-order valence-electron chi connectivity index (χ0n) is 18.3. The van der Waals surface area contributed by atoms with Crippen LogP contribution in [0.3, 0.4) is 0 Å². The molecule has 31 heavy (non-hydrogen) atoms. The van der Waals surface area contributed by atoms with Gasteiger partial charge in [0.2, 0.25) is 10.0 Å². The summed E-state index contributed by atoms with van der Waals surface area (Å²) in [6, 6.07) is 7.52. The molecule has 0 radical (unpaired) electrons. The minimum absolute atomic E-state index is 0.0298. The Kier molecular flexibility index (Phi) is 6.86. The van der Waals surface area contributed by atoms with Crippen molar-refractivity contribution in [3.8, 4) is 0 Å². The van der Waals surface area contributed by atoms with Crippen molar-refractivity contribution in [3.63, 3.8) is 0 Å². The summed E-state index contributed by atoms with van der Waals surface area (Å²) >= 11 is 0. The zero-order chi connectivity index (χ0) is 22.8. The highest BCUT2D eigenvalue weighted by Gasteiger charge is 2.31. The second kappa shape index (κ2) is 9.23. The number of sulfonamides is 1. The Hall–Kier alpha value is -2.65. The number of aryl methyl sites for hydroxylation is 1. The first-order chi connectivity index (χ1) is 14.6. The molecular weight excluding hydrogens is 420 g/mol. The molecule has 0 aliphatic carbocycles. The zero-order valence-corrected chi connectivity index (χ0v) is 19.1. The molecule has 2 aromatic rings. The molecule has 1 fully saturated rings. The lowest BCUT2D eigenvalue weighted by Crippen LogP contribution is -2.41. The molecule has 2 heterocycles. The van der Waals surface area contributed by atoms with Crippen LogP contribution < -0.4 is 0 Å². The van der Waals surface area contributed by atoms with Crippen LogP contribution in [0.1, 0.15) is 58.4 Å². The maximum absolute atomic E-state index is 12.9. The average molecular weight is 449 g/mol. The number of ether oxygens (including phenoxy) is 1. The first-order valence-electron chi connectivity index (χ1n) is 10.2. The number of hydrogen-bond acceptors (Lipinski definition) is 6. The Labute approximate surface area is 182 Å². The molecule has 168 valence electrons. The summed E-state index contributed by atoms with van der Waals surface area (Å²) in [7, 11) is -0.685. The van der Waals surface area contributed by atoms with Gasteiger partial charge in [-0.3, -0.25) is 4.79 Å². The van der Waals surface area contributed by atoms with Crippen LogP contribution in [0, 0.1) is 6.92 Å². The second-order valence-corrected chi connectivity index (χ2v) is 9.71. The maximum atomic E-state index is 12.9. The molecule has 1 aliphatic heterocycles. The van der Waals surface area contributed by atoms with Crippen molar-refractivity contribution in [2.24, 2.45) is 0 Å². The smallest absolute Gasteiger partial charge is 0.341 e. The molecule has 1 aromatic carbocycles. The van der Waals surface area contributed by atoms with E-state index in [-0.39, 0.29) is 23.4 Å². The molecular formula is C22H28N2O6S. The first-order valence-corrected chi connectivity index (χ1v) is 11.6. The van der Waals surface area contributed by atoms with Gasteiger partial charge in [0.15, 0.2) is 0 Å². The van der Waals surface area contributed by atoms with Crippen LogP contribution in [-0.2, 0) is 21.3 Å². The summed E-state index contributed by atoms with van der Waals surface area (Å²) in [6.07, 6.45) is 2.74. The Morgan fingerprint density at radius 2 is 1.90 bits per heavy atom. The molecule has 1 amide bonds. The van der Waals surface area contributed by atoms with Crippen molar-refractivity contribution in [1.82, 2.24) is 9.21 Å². The van der Waals surface area contributed by atoms with Crippen molar-refractivity contribution in [2.75, 3.05) is 20.7 Å². The number of methoxy groups -OCH3 is 1. The van der Waals surface area contributed by atoms with Gasteiger partial charge in [0.1, 0.15) is 17.1 Å². The van der Waals surface area contributed by atoms with Gasteiger partial charge >= 0.3 is 5.97 Å². The third kappa shape index (κ3) is 4.83. The topological polar surface area (TPSA) is 97.1 Å². The molecule has 0 N–H and O–H groups in total. The number of rotatable bonds is 6. The fourth-order valence-electron chi connectivity index (χ4n) is 3.79. The molecule has 1 saturated heterocycles. The molecule has 1 unspecified atom stereocenters. The lowest BCUT2D eigenvalue weighted by atomic mass is 10.1. The van der Waals surface area contributed by atoms with E-state index in [1.165, 1.54) is 40.6 Å². The summed E-state index contributed by atoms with van der Waals surface area (Å²) in [4.78, 5) is 26.1. The quantitative estimate of drug-likeness (QED) is 0.630. The highest BCUT2D eigenvalue weighted by atomic mass is 32.2. The van der Waals surface area contributed by atoms with Crippen LogP contribution in [0.2, 0.25) is 0 Å². The van der Waals surface area contributed by atoms with E-state index in [4.69, 9.17) is 9.15 Å². The Morgan fingerprint density at radius 1 is 1.23 bits per heavy atom. The number of amides is 1. The van der Waals surface area contributed by atoms with Crippen molar-refractivity contribution in [2.45, 2.75) is 50.6 Å². The number of furan rings is 1. The molecule has 0 spiro atoms. The van der Waals surface area contributed by atoms with Crippen LogP contribution in [0.5, 0.6) is 0 Å². The third-order valence-corrected chi connectivity index (χ3v) is 7.59. The largest absolute Gasteiger partial charge is 0.465 e. The van der Waals surface area contributed by atoms with Crippen LogP contribution >= 0.6 is 0 Å². The maximum Gasteiger partial charge on any atom is 0.341 e. The Bertz CT molecular complexity index is 1060. The summed E-state index contributed by atoms with van der Waals surface area (Å²) < 4.78 is 37.7. The van der Waals surface area contributed by atoms with Gasteiger partial charge in [0, 0.05) is 25.2 Å². The number of piperidine rings is 1. The molecule has 0 bridgehead atoms. The lowest BCUT2D eigenvalue weighted by molar-refractivity contribution is 0.0598. The lowest BCUT2D eigenvalue weighted by Gasteiger charge is -2.32. The van der Waals surface area contributed by atoms with Crippen molar-refractivity contribution >= 4 is 21.9 Å². The minimum Gasteiger partial charge on any atom is -0.465 e. The van der Waals surface area contributed by atoms with Gasteiger partial charge in [-0.05, 0) is 57.0 Å². The van der Waals surface area contributed by atoms with Crippen molar-refractivity contribution in [3.05, 3.63) is 53.0 Å². The normalized spacial score (nSPS) is 17.4. The first kappa shape index (κ1) is 23.0. The summed E-state index contributed by atoms with van der Waals surface area (Å²) in [5, 5.41) is 0. The number of hydrogen-bond donors (Lipinski definition) is 0. The predicted molar refractivity (Wildman–Crippen MR) is 114 cm³/mol. The van der Waals surface area contributed by atoms with Crippen LogP contribution in [-0.4, -0.2) is 56.2 Å². The number of benzene rings is 1. The third-order valence-electron chi connectivity index (χ3n) is 5.56. The predicted octanol–water partition coefficient (Wildman–Crippen LogP) is 3.21. The summed E-state index contributed by atoms with van der Waals surface area (Å²) in [5.74, 6) is 0.0847. The van der Waals surface area contributed by atoms with Gasteiger partial charge in [0.05, 0.1) is 18.6 Å². The SMILES string of the molecule is COC(=O)c1cc(CN(C)C(=O)c2ccc(S(=O)(=O)N3CCCCC3C)cc2)oc1C. The Morgan fingerprint density at radius 3 is 2.52 bits per heavy atom. The van der Waals surface area contributed by atoms with Crippen molar-refractivity contribution in [1.29, 1.82) is 0 Å². The number of carbonyl (C=O) groups excluding carboxylic acids is 2. The van der Waals surface area contributed by atoms with Crippen LogP contribution in [0.4, 0.5) is 0 Å². The fraction of sp³-hybridized carbons (Fsp3) is 0.455. The number of nitrogens with zero attached hydrogens (tertiary/aromatic N) is 2. The van der Waals surface area contributed by atoms with Gasteiger partial charge in [-0.2, -0.15) is 4.31 Å². The molecule has 1 aromatic heterocycles. The average Bonchev–Trinajstić information content (AvgIpc) is 3.12. The van der Waals surface area contributed by atoms with Gasteiger partial charge < -0.3 is 14.1 Å². The molecule has 3 rings (SSSR count). The second-order valence-electron chi connectivity index (χ2n) is 7.82. The van der Waals surface area contributed by atoms with Crippen LogP contribution in [0.15, 0.2) is 39.6 Å². The van der Waals surface area contributed by atoms with Gasteiger partial charge in [-0.1, -0.05) is 6.42 Å². The summed E-state index contributed by atoms with van der Waals surface area (Å²) in [5.41, 5.74) is 0.685. The molecule has 9 heteroatoms. The highest BCUT2D eigenvalue weighted by Crippen LogP contribution is 2.25. The summed E-state index contributed by atoms with van der Waals surface area (Å²) in [6.45, 7) is 4.25. The molecule has 0 saturated carbocycles. The van der Waals surface area contributed by atoms with E-state index in [2.05, 4.69) is 0 Å². The van der Waals surface area contributed by atoms with E-state index >= 15 is 0 Å². The van der Waals surface area contributed by atoms with Crippen molar-refractivity contribution < 1.29 is 27.2 Å². The fourth-order valence-corrected chi connectivity index (χ4v) is 5.49. The monoisotopic (exact) mass is 448 g/mol.